The molecule has 18 nitrogen and oxygen atoms in total. The van der Waals surface area contributed by atoms with Crippen molar-refractivity contribution in [3.05, 3.63) is 82.2 Å². The van der Waals surface area contributed by atoms with Gasteiger partial charge in [0.2, 0.25) is 43.5 Å². The zero-order chi connectivity index (χ0) is 43.4. The van der Waals surface area contributed by atoms with Crippen LogP contribution in [0.1, 0.15) is 57.5 Å². The van der Waals surface area contributed by atoms with E-state index in [0.29, 0.717) is 57.9 Å². The Balaban J connectivity index is 0.000000224. The lowest BCUT2D eigenvalue weighted by Crippen LogP contribution is -2.42. The molecular weight excluding hydrogens is 829 g/mol. The van der Waals surface area contributed by atoms with Gasteiger partial charge in [0.05, 0.1) is 30.7 Å². The molecule has 0 amide bonds. The van der Waals surface area contributed by atoms with Gasteiger partial charge in [0.25, 0.3) is 0 Å². The van der Waals surface area contributed by atoms with Crippen LogP contribution in [0.5, 0.6) is 11.5 Å². The van der Waals surface area contributed by atoms with E-state index in [0.717, 1.165) is 43.1 Å². The molecule has 2 aromatic carbocycles. The van der Waals surface area contributed by atoms with Gasteiger partial charge in [0, 0.05) is 50.7 Å². The second kappa shape index (κ2) is 18.0. The predicted octanol–water partition coefficient (Wildman–Crippen LogP) is 2.52. The Labute approximate surface area is 336 Å². The van der Waals surface area contributed by atoms with Gasteiger partial charge in [0.15, 0.2) is 23.3 Å². The monoisotopic (exact) mass is 868 g/mol. The lowest BCUT2D eigenvalue weighted by atomic mass is 10.0. The van der Waals surface area contributed by atoms with Crippen LogP contribution in [-0.4, -0.2) is 120 Å². The number of aromatic nitrogens is 4. The highest BCUT2D eigenvalue weighted by Gasteiger charge is 2.29. The number of carbonyl (C=O) groups is 2. The van der Waals surface area contributed by atoms with Crippen molar-refractivity contribution < 1.29 is 53.8 Å². The lowest BCUT2D eigenvalue weighted by Gasteiger charge is -2.30. The Morgan fingerprint density at radius 1 is 0.712 bits per heavy atom. The summed E-state index contributed by atoms with van der Waals surface area (Å²) in [6.07, 6.45) is 6.64. The number of sulfonamides is 2. The molecule has 2 aromatic heterocycles. The number of nitrogens with one attached hydrogen (secondary N) is 2. The third kappa shape index (κ3) is 10.5. The van der Waals surface area contributed by atoms with Crippen molar-refractivity contribution in [3.63, 3.8) is 0 Å². The van der Waals surface area contributed by atoms with Gasteiger partial charge >= 0.3 is 0 Å². The van der Waals surface area contributed by atoms with E-state index < -0.39 is 71.8 Å². The molecule has 318 valence electrons. The van der Waals surface area contributed by atoms with Crippen molar-refractivity contribution in [2.75, 3.05) is 67.9 Å². The molecule has 0 unspecified atom stereocenters. The molecule has 4 heterocycles. The molecule has 0 radical (unpaired) electrons. The first-order chi connectivity index (χ1) is 27.7. The maximum Gasteiger partial charge on any atom is 0.224 e. The molecule has 0 bridgehead atoms. The summed E-state index contributed by atoms with van der Waals surface area (Å²) in [6.45, 7) is 1.42. The first-order valence-electron chi connectivity index (χ1n) is 17.7. The number of hydrogen-bond donors (Lipinski definition) is 5. The molecule has 6 rings (SSSR count). The van der Waals surface area contributed by atoms with Crippen molar-refractivity contribution in [3.8, 4) is 11.5 Å². The molecular formula is C35H40F4N10O8S2. The number of methoxy groups -OCH3 is 1. The average Bonchev–Trinajstić information content (AvgIpc) is 3.17. The van der Waals surface area contributed by atoms with E-state index in [9.17, 15) is 49.1 Å². The molecule has 0 atom stereocenters. The number of carbonyl (C=O) groups excluding carboxylic acids is 2. The van der Waals surface area contributed by atoms with E-state index in [1.165, 1.54) is 15.7 Å². The third-order valence-electron chi connectivity index (χ3n) is 9.44. The van der Waals surface area contributed by atoms with Gasteiger partial charge in [-0.3, -0.25) is 9.59 Å². The van der Waals surface area contributed by atoms with Crippen LogP contribution in [0, 0.1) is 23.3 Å². The molecule has 2 saturated heterocycles. The minimum atomic E-state index is -3.24. The third-order valence-corrected chi connectivity index (χ3v) is 12.0. The van der Waals surface area contributed by atoms with Crippen molar-refractivity contribution in [1.82, 2.24) is 28.5 Å². The minimum Gasteiger partial charge on any atom is -0.507 e. The number of benzene rings is 2. The highest BCUT2D eigenvalue weighted by atomic mass is 32.2. The van der Waals surface area contributed by atoms with Gasteiger partial charge in [-0.25, -0.2) is 53.0 Å². The summed E-state index contributed by atoms with van der Waals surface area (Å²) >= 11 is 0. The summed E-state index contributed by atoms with van der Waals surface area (Å²) in [7, 11) is -5.25. The van der Waals surface area contributed by atoms with Gasteiger partial charge in [-0.2, -0.15) is 9.97 Å². The van der Waals surface area contributed by atoms with E-state index in [1.54, 1.807) is 0 Å². The van der Waals surface area contributed by atoms with E-state index >= 15 is 0 Å². The number of nitrogens with zero attached hydrogens (tertiary/aromatic N) is 6. The van der Waals surface area contributed by atoms with Crippen LogP contribution >= 0.6 is 0 Å². The van der Waals surface area contributed by atoms with Crippen molar-refractivity contribution >= 4 is 55.1 Å². The Morgan fingerprint density at radius 2 is 1.10 bits per heavy atom. The van der Waals surface area contributed by atoms with Crippen LogP contribution < -0.4 is 26.8 Å². The zero-order valence-corrected chi connectivity index (χ0v) is 33.4. The maximum atomic E-state index is 14.2. The van der Waals surface area contributed by atoms with Gasteiger partial charge in [0.1, 0.15) is 34.3 Å². The fourth-order valence-electron chi connectivity index (χ4n) is 6.25. The number of phenols is 1. The SMILES string of the molecule is COc1ccc(F)c(F)c1C(=O)c1cnc(NC2CCN(S(C)(=O)=O)CC2)nc1N.CS(=O)(=O)N1CCC(Nc2ncc(C(=O)c3c(O)ccc(F)c3F)c(N)n2)CC1. The fraction of sp³-hybridized carbons (Fsp3) is 0.371. The second-order valence-corrected chi connectivity index (χ2v) is 17.5. The number of rotatable bonds is 11. The summed E-state index contributed by atoms with van der Waals surface area (Å²) in [5.41, 5.74) is 9.72. The quantitative estimate of drug-likeness (QED) is 0.107. The van der Waals surface area contributed by atoms with Crippen LogP contribution in [0.25, 0.3) is 0 Å². The molecule has 2 aliphatic rings. The number of phenolic OH excluding ortho intramolecular Hbond substituents is 1. The van der Waals surface area contributed by atoms with Crippen LogP contribution in [0.15, 0.2) is 36.7 Å². The van der Waals surface area contributed by atoms with E-state index in [2.05, 4.69) is 30.6 Å². The molecule has 24 heteroatoms. The van der Waals surface area contributed by atoms with Crippen molar-refractivity contribution in [1.29, 1.82) is 0 Å². The predicted molar refractivity (Wildman–Crippen MR) is 207 cm³/mol. The number of hydrogen-bond acceptors (Lipinski definition) is 16. The average molecular weight is 869 g/mol. The Bertz CT molecular complexity index is 2470. The molecule has 4 aromatic rings. The number of anilines is 4. The number of nitrogens with two attached hydrogens (primary N) is 2. The minimum absolute atomic E-state index is 0.0790. The molecule has 2 aliphatic heterocycles. The van der Waals surface area contributed by atoms with Gasteiger partial charge < -0.3 is 31.9 Å². The first kappa shape index (κ1) is 44.4. The molecule has 59 heavy (non-hydrogen) atoms. The highest BCUT2D eigenvalue weighted by molar-refractivity contribution is 7.88. The van der Waals surface area contributed by atoms with Crippen LogP contribution in [-0.2, 0) is 20.0 Å². The first-order valence-corrected chi connectivity index (χ1v) is 21.4. The number of nitrogen functional groups attached to an aromatic ring is 2. The molecule has 7 N–H and O–H groups in total. The number of halogens is 4. The number of ether oxygens (including phenoxy) is 1. The Hall–Kier alpha value is -5.72. The van der Waals surface area contributed by atoms with Gasteiger partial charge in [-0.05, 0) is 49.9 Å². The Kier molecular flexibility index (Phi) is 13.6. The van der Waals surface area contributed by atoms with E-state index in [1.807, 2.05) is 0 Å². The number of piperidine rings is 2. The summed E-state index contributed by atoms with van der Waals surface area (Å²) in [5.74, 6) is -8.38. The number of aromatic hydroxyl groups is 1. The number of ketones is 2. The zero-order valence-electron chi connectivity index (χ0n) is 31.7. The van der Waals surface area contributed by atoms with Gasteiger partial charge in [-0.15, -0.1) is 0 Å². The summed E-state index contributed by atoms with van der Waals surface area (Å²) in [6, 6.07) is 3.38. The smallest absolute Gasteiger partial charge is 0.224 e. The van der Waals surface area contributed by atoms with Crippen LogP contribution in [0.2, 0.25) is 0 Å². The van der Waals surface area contributed by atoms with Crippen LogP contribution in [0.3, 0.4) is 0 Å². The van der Waals surface area contributed by atoms with Crippen LogP contribution in [0.4, 0.5) is 41.1 Å². The van der Waals surface area contributed by atoms with Gasteiger partial charge in [-0.1, -0.05) is 0 Å². The van der Waals surface area contributed by atoms with E-state index in [4.69, 9.17) is 16.2 Å². The fourth-order valence-corrected chi connectivity index (χ4v) is 8.00. The van der Waals surface area contributed by atoms with Crippen molar-refractivity contribution in [2.24, 2.45) is 0 Å². The van der Waals surface area contributed by atoms with Crippen molar-refractivity contribution in [2.45, 2.75) is 37.8 Å². The molecule has 0 spiro atoms. The lowest BCUT2D eigenvalue weighted by molar-refractivity contribution is 0.102. The summed E-state index contributed by atoms with van der Waals surface area (Å²) in [4.78, 5) is 41.2. The largest absolute Gasteiger partial charge is 0.507 e. The summed E-state index contributed by atoms with van der Waals surface area (Å²) < 4.78 is 109. The normalized spacial score (nSPS) is 15.8. The Morgan fingerprint density at radius 3 is 1.49 bits per heavy atom. The molecule has 0 aliphatic carbocycles. The summed E-state index contributed by atoms with van der Waals surface area (Å²) in [5, 5.41) is 15.8. The molecule has 2 fully saturated rings. The highest BCUT2D eigenvalue weighted by Crippen LogP contribution is 2.29. The maximum absolute atomic E-state index is 14.2. The second-order valence-electron chi connectivity index (χ2n) is 13.5. The molecule has 0 saturated carbocycles. The topological polar surface area (TPSA) is 266 Å². The van der Waals surface area contributed by atoms with E-state index in [-0.39, 0.29) is 52.5 Å². The standard InChI is InChI=1S/C18H21F2N5O4S.C17H19F2N5O4S/c1-29-13-4-3-12(19)15(20)14(13)16(26)11-9-22-18(24-17(11)21)23-10-5-7-25(8-6-10)30(2,27)28;1-29(27,28)24-6-4-9(5-7-24)22-17-21-8-10(16(20)23-17)15(26)13-12(25)3-2-11(18)14(13)19/h3-4,9-10H,5-8H2,1-2H3,(H3,21,22,23,24);2-3,8-9,25H,4-7H2,1H3,(H3,20,21,22,23).